The number of carbonyl (C=O) groups excluding carboxylic acids is 1. The summed E-state index contributed by atoms with van der Waals surface area (Å²) in [5.41, 5.74) is 0.876. The predicted octanol–water partition coefficient (Wildman–Crippen LogP) is 4.23. The number of aromatic nitrogens is 4. The summed E-state index contributed by atoms with van der Waals surface area (Å²) in [7, 11) is 1.60. The first-order valence-corrected chi connectivity index (χ1v) is 11.4. The maximum Gasteiger partial charge on any atom is 0.236 e. The molecule has 0 saturated carbocycles. The Morgan fingerprint density at radius 1 is 1.13 bits per heavy atom. The average Bonchev–Trinajstić information content (AvgIpc) is 3.39. The second-order valence-corrected chi connectivity index (χ2v) is 8.38. The quantitative estimate of drug-likeness (QED) is 0.378. The van der Waals surface area contributed by atoms with Crippen molar-refractivity contribution in [1.82, 2.24) is 19.7 Å². The van der Waals surface area contributed by atoms with Crippen molar-refractivity contribution in [3.05, 3.63) is 54.4 Å². The third kappa shape index (κ3) is 4.97. The van der Waals surface area contributed by atoms with Crippen molar-refractivity contribution in [2.75, 3.05) is 18.2 Å². The van der Waals surface area contributed by atoms with Gasteiger partial charge in [0, 0.05) is 6.54 Å². The van der Waals surface area contributed by atoms with Crippen molar-refractivity contribution in [2.24, 2.45) is 0 Å². The van der Waals surface area contributed by atoms with E-state index in [1.54, 1.807) is 7.11 Å². The van der Waals surface area contributed by atoms with Crippen LogP contribution in [0.25, 0.3) is 10.2 Å². The Kier molecular flexibility index (Phi) is 6.68. The molecule has 0 spiro atoms. The van der Waals surface area contributed by atoms with Gasteiger partial charge >= 0.3 is 0 Å². The first-order valence-electron chi connectivity index (χ1n) is 9.64. The maximum absolute atomic E-state index is 12.4. The molecule has 0 unspecified atom stereocenters. The van der Waals surface area contributed by atoms with E-state index in [1.807, 2.05) is 60.0 Å². The molecular formula is C21H21N5O3S2. The first kappa shape index (κ1) is 21.1. The lowest BCUT2D eigenvalue weighted by Crippen LogP contribution is -2.14. The van der Waals surface area contributed by atoms with Gasteiger partial charge < -0.3 is 19.4 Å². The zero-order chi connectivity index (χ0) is 21.6. The van der Waals surface area contributed by atoms with Crippen molar-refractivity contribution in [3.63, 3.8) is 0 Å². The van der Waals surface area contributed by atoms with Crippen LogP contribution in [0, 0.1) is 0 Å². The molecule has 0 radical (unpaired) electrons. The molecule has 0 fully saturated rings. The number of anilines is 1. The van der Waals surface area contributed by atoms with Gasteiger partial charge in [-0.05, 0) is 31.2 Å². The number of thioether (sulfide) groups is 1. The molecule has 0 saturated heterocycles. The standard InChI is InChI=1S/C21H21N5O3S2/c1-3-26-18(12-29-16-10-6-5-9-15(16)28-2)24-25-21(26)30-13-19(27)23-20-22-14-8-4-7-11-17(14)31-20/h4-11H,3,12-13H2,1-2H3,(H,22,23,27). The number of nitrogens with zero attached hydrogens (tertiary/aromatic N) is 4. The van der Waals surface area contributed by atoms with Crippen LogP contribution in [0.1, 0.15) is 12.7 Å². The number of fused-ring (bicyclic) bond motifs is 1. The molecule has 0 atom stereocenters. The number of para-hydroxylation sites is 3. The van der Waals surface area contributed by atoms with Crippen molar-refractivity contribution in [2.45, 2.75) is 25.2 Å². The summed E-state index contributed by atoms with van der Waals surface area (Å²) in [6, 6.07) is 15.2. The minimum absolute atomic E-state index is 0.137. The molecule has 2 heterocycles. The number of methoxy groups -OCH3 is 1. The largest absolute Gasteiger partial charge is 0.493 e. The summed E-state index contributed by atoms with van der Waals surface area (Å²) in [6.45, 7) is 2.92. The monoisotopic (exact) mass is 455 g/mol. The fourth-order valence-corrected chi connectivity index (χ4v) is 4.64. The average molecular weight is 456 g/mol. The van der Waals surface area contributed by atoms with Crippen LogP contribution in [-0.2, 0) is 17.9 Å². The molecule has 1 N–H and O–H groups in total. The maximum atomic E-state index is 12.4. The van der Waals surface area contributed by atoms with Gasteiger partial charge in [-0.15, -0.1) is 10.2 Å². The van der Waals surface area contributed by atoms with Gasteiger partial charge in [0.05, 0.1) is 23.1 Å². The lowest BCUT2D eigenvalue weighted by Gasteiger charge is -2.11. The Morgan fingerprint density at radius 3 is 2.68 bits per heavy atom. The van der Waals surface area contributed by atoms with Crippen LogP contribution in [-0.4, -0.2) is 38.5 Å². The highest BCUT2D eigenvalue weighted by molar-refractivity contribution is 7.99. The molecule has 10 heteroatoms. The Hall–Kier alpha value is -3.11. The minimum Gasteiger partial charge on any atom is -0.493 e. The van der Waals surface area contributed by atoms with Crippen LogP contribution in [0.5, 0.6) is 11.5 Å². The Morgan fingerprint density at radius 2 is 1.90 bits per heavy atom. The van der Waals surface area contributed by atoms with E-state index in [-0.39, 0.29) is 18.3 Å². The summed E-state index contributed by atoms with van der Waals surface area (Å²) >= 11 is 2.78. The number of hydrogen-bond donors (Lipinski definition) is 1. The van der Waals surface area contributed by atoms with Gasteiger partial charge in [0.2, 0.25) is 5.91 Å². The molecule has 0 aliphatic heterocycles. The molecule has 31 heavy (non-hydrogen) atoms. The lowest BCUT2D eigenvalue weighted by molar-refractivity contribution is -0.113. The van der Waals surface area contributed by atoms with Crippen LogP contribution in [0.4, 0.5) is 5.13 Å². The highest BCUT2D eigenvalue weighted by Crippen LogP contribution is 2.28. The van der Waals surface area contributed by atoms with E-state index < -0.39 is 0 Å². The number of ether oxygens (including phenoxy) is 2. The van der Waals surface area contributed by atoms with E-state index in [9.17, 15) is 4.79 Å². The number of amides is 1. The van der Waals surface area contributed by atoms with Crippen molar-refractivity contribution < 1.29 is 14.3 Å². The molecule has 1 amide bonds. The van der Waals surface area contributed by atoms with Gasteiger partial charge in [0.15, 0.2) is 27.6 Å². The van der Waals surface area contributed by atoms with Gasteiger partial charge in [-0.2, -0.15) is 0 Å². The van der Waals surface area contributed by atoms with Crippen LogP contribution in [0.3, 0.4) is 0 Å². The van der Waals surface area contributed by atoms with E-state index in [2.05, 4.69) is 20.5 Å². The molecule has 2 aromatic carbocycles. The smallest absolute Gasteiger partial charge is 0.236 e. The van der Waals surface area contributed by atoms with Gasteiger partial charge in [-0.1, -0.05) is 47.4 Å². The summed E-state index contributed by atoms with van der Waals surface area (Å²) in [6.07, 6.45) is 0. The molecule has 0 aliphatic rings. The number of thiazole rings is 1. The molecule has 2 aromatic heterocycles. The zero-order valence-corrected chi connectivity index (χ0v) is 18.7. The van der Waals surface area contributed by atoms with Gasteiger partial charge in [-0.3, -0.25) is 4.79 Å². The fraction of sp³-hybridized carbons (Fsp3) is 0.238. The van der Waals surface area contributed by atoms with Crippen molar-refractivity contribution in [1.29, 1.82) is 0 Å². The first-order chi connectivity index (χ1) is 15.2. The molecule has 8 nitrogen and oxygen atoms in total. The number of hydrogen-bond acceptors (Lipinski definition) is 8. The molecular weight excluding hydrogens is 434 g/mol. The van der Waals surface area contributed by atoms with Gasteiger partial charge in [-0.25, -0.2) is 4.98 Å². The van der Waals surface area contributed by atoms with E-state index in [0.29, 0.717) is 34.2 Å². The number of benzene rings is 2. The Bertz CT molecular complexity index is 1160. The summed E-state index contributed by atoms with van der Waals surface area (Å²) in [5, 5.41) is 12.6. The number of rotatable bonds is 9. The van der Waals surface area contributed by atoms with E-state index >= 15 is 0 Å². The summed E-state index contributed by atoms with van der Waals surface area (Å²) < 4.78 is 14.1. The third-order valence-corrected chi connectivity index (χ3v) is 6.33. The fourth-order valence-electron chi connectivity index (χ4n) is 2.94. The highest BCUT2D eigenvalue weighted by Gasteiger charge is 2.15. The Labute approximate surface area is 187 Å². The molecule has 4 rings (SSSR count). The minimum atomic E-state index is -0.137. The number of carbonyl (C=O) groups is 1. The van der Waals surface area contributed by atoms with Crippen molar-refractivity contribution >= 4 is 44.4 Å². The lowest BCUT2D eigenvalue weighted by atomic mass is 10.3. The summed E-state index contributed by atoms with van der Waals surface area (Å²) in [5.74, 6) is 2.05. The molecule has 4 aromatic rings. The van der Waals surface area contributed by atoms with E-state index in [0.717, 1.165) is 10.2 Å². The molecule has 0 aliphatic carbocycles. The van der Waals surface area contributed by atoms with Crippen LogP contribution in [0.2, 0.25) is 0 Å². The topological polar surface area (TPSA) is 91.2 Å². The van der Waals surface area contributed by atoms with E-state index in [1.165, 1.54) is 23.1 Å². The zero-order valence-electron chi connectivity index (χ0n) is 17.1. The molecule has 0 bridgehead atoms. The molecule has 160 valence electrons. The van der Waals surface area contributed by atoms with Crippen molar-refractivity contribution in [3.8, 4) is 11.5 Å². The van der Waals surface area contributed by atoms with Crippen LogP contribution < -0.4 is 14.8 Å². The van der Waals surface area contributed by atoms with E-state index in [4.69, 9.17) is 9.47 Å². The third-order valence-electron chi connectivity index (χ3n) is 4.41. The number of nitrogens with one attached hydrogen (secondary N) is 1. The SMILES string of the molecule is CCn1c(COc2ccccc2OC)nnc1SCC(=O)Nc1nc2ccccc2s1. The Balaban J connectivity index is 1.36. The second kappa shape index (κ2) is 9.80. The predicted molar refractivity (Wildman–Crippen MR) is 122 cm³/mol. The summed E-state index contributed by atoms with van der Waals surface area (Å²) in [4.78, 5) is 16.8. The second-order valence-electron chi connectivity index (χ2n) is 6.41. The van der Waals surface area contributed by atoms with Gasteiger partial charge in [0.25, 0.3) is 0 Å². The van der Waals surface area contributed by atoms with Gasteiger partial charge in [0.1, 0.15) is 6.61 Å². The van der Waals surface area contributed by atoms with Crippen LogP contribution >= 0.6 is 23.1 Å². The highest BCUT2D eigenvalue weighted by atomic mass is 32.2. The normalized spacial score (nSPS) is 10.9. The van der Waals surface area contributed by atoms with Crippen LogP contribution in [0.15, 0.2) is 53.7 Å².